The van der Waals surface area contributed by atoms with Gasteiger partial charge >= 0.3 is 5.97 Å². The van der Waals surface area contributed by atoms with Crippen molar-refractivity contribution in [2.24, 2.45) is 5.92 Å². The summed E-state index contributed by atoms with van der Waals surface area (Å²) in [5, 5.41) is 9.85. The molecule has 0 amide bonds. The van der Waals surface area contributed by atoms with Crippen molar-refractivity contribution in [1.82, 2.24) is 0 Å². The molecule has 0 radical (unpaired) electrons. The van der Waals surface area contributed by atoms with E-state index in [-0.39, 0.29) is 51.9 Å². The van der Waals surface area contributed by atoms with Crippen molar-refractivity contribution in [3.8, 4) is 0 Å². The van der Waals surface area contributed by atoms with Crippen LogP contribution in [0.1, 0.15) is 88.5 Å². The maximum absolute atomic E-state index is 11.7. The quantitative estimate of drug-likeness (QED) is 0.243. The molecular weight excluding hydrogens is 529 g/mol. The Morgan fingerprint density at radius 1 is 0.816 bits per heavy atom. The molecule has 9 heteroatoms. The minimum absolute atomic E-state index is 0.0389. The normalized spacial score (nSPS) is 25.4. The fourth-order valence-corrected chi connectivity index (χ4v) is 7.79. The minimum atomic E-state index is -2.13. The summed E-state index contributed by atoms with van der Waals surface area (Å²) in [6.45, 7) is 36.5. The molecule has 38 heavy (non-hydrogen) atoms. The van der Waals surface area contributed by atoms with Crippen LogP contribution in [0.4, 0.5) is 0 Å². The molecule has 0 aliphatic carbocycles. The molecule has 226 valence electrons. The summed E-state index contributed by atoms with van der Waals surface area (Å²) in [6, 6.07) is 0. The second-order valence-corrected chi connectivity index (χ2v) is 30.5. The number of carboxylic acid groups (broad SMARTS) is 1. The number of carboxylic acids is 1. The number of ether oxygens (including phenoxy) is 1. The van der Waals surface area contributed by atoms with Gasteiger partial charge in [0, 0.05) is 13.0 Å². The zero-order chi connectivity index (χ0) is 30.1. The first-order chi connectivity index (χ1) is 16.7. The fraction of sp³-hybridized carbons (Fsp3) is 0.966. The SMILES string of the molecule is C[C@@H](CC(=O)O)[C@@H]1OC(CCO[Si](C)(C)C(C)(C)C)C(O[Si](C)(C)C(C)(C)C)C[C@@H]1O[Si](C)(C)C(C)(C)C. The highest BCUT2D eigenvalue weighted by molar-refractivity contribution is 6.75. The van der Waals surface area contributed by atoms with Gasteiger partial charge in [-0.15, -0.1) is 0 Å². The van der Waals surface area contributed by atoms with Gasteiger partial charge in [0.25, 0.3) is 0 Å². The van der Waals surface area contributed by atoms with Crippen LogP contribution in [-0.4, -0.2) is 67.1 Å². The van der Waals surface area contributed by atoms with Gasteiger partial charge in [-0.3, -0.25) is 4.79 Å². The standard InChI is InChI=1S/C29H62O6Si3/c1-21(19-25(30)31)26-24(35-38(15,16)29(8,9)10)20-23(34-37(13,14)28(5,6)7)22(33-26)17-18-32-36(11,12)27(2,3)4/h21-24,26H,17-20H2,1-16H3,(H,30,31)/t21-,22?,23?,24-,26-/m0/s1. The van der Waals surface area contributed by atoms with Gasteiger partial charge in [-0.05, 0) is 66.7 Å². The van der Waals surface area contributed by atoms with E-state index >= 15 is 0 Å². The molecule has 0 aromatic rings. The Balaban J connectivity index is 3.37. The number of carbonyl (C=O) groups is 1. The predicted molar refractivity (Wildman–Crippen MR) is 167 cm³/mol. The van der Waals surface area contributed by atoms with Gasteiger partial charge in [-0.1, -0.05) is 69.2 Å². The van der Waals surface area contributed by atoms with E-state index in [4.69, 9.17) is 18.0 Å². The molecular formula is C29H62O6Si3. The van der Waals surface area contributed by atoms with Crippen LogP contribution >= 0.6 is 0 Å². The lowest BCUT2D eigenvalue weighted by molar-refractivity contribution is -0.182. The summed E-state index contributed by atoms with van der Waals surface area (Å²) in [5.74, 6) is -0.968. The highest BCUT2D eigenvalue weighted by atomic mass is 28.4. The Morgan fingerprint density at radius 3 is 1.63 bits per heavy atom. The lowest BCUT2D eigenvalue weighted by atomic mass is 9.88. The van der Waals surface area contributed by atoms with Crippen LogP contribution in [0.5, 0.6) is 0 Å². The Labute approximate surface area is 238 Å². The molecule has 6 nitrogen and oxygen atoms in total. The smallest absolute Gasteiger partial charge is 0.303 e. The number of aliphatic carboxylic acids is 1. The molecule has 0 saturated carbocycles. The van der Waals surface area contributed by atoms with E-state index in [2.05, 4.69) is 102 Å². The summed E-state index contributed by atoms with van der Waals surface area (Å²) in [5.41, 5.74) is 0. The zero-order valence-corrected chi connectivity index (χ0v) is 30.7. The summed E-state index contributed by atoms with van der Waals surface area (Å²) >= 11 is 0. The van der Waals surface area contributed by atoms with Gasteiger partial charge in [0.1, 0.15) is 0 Å². The van der Waals surface area contributed by atoms with Crippen LogP contribution in [0.25, 0.3) is 0 Å². The summed E-state index contributed by atoms with van der Waals surface area (Å²) < 4.78 is 27.4. The lowest BCUT2D eigenvalue weighted by Crippen LogP contribution is -2.58. The highest BCUT2D eigenvalue weighted by Gasteiger charge is 2.49. The molecule has 5 atom stereocenters. The topological polar surface area (TPSA) is 74.2 Å². The van der Waals surface area contributed by atoms with Crippen molar-refractivity contribution in [3.63, 3.8) is 0 Å². The number of hydrogen-bond acceptors (Lipinski definition) is 5. The second-order valence-electron chi connectivity index (χ2n) is 16.2. The predicted octanol–water partition coefficient (Wildman–Crippen LogP) is 8.45. The van der Waals surface area contributed by atoms with Crippen molar-refractivity contribution in [3.05, 3.63) is 0 Å². The van der Waals surface area contributed by atoms with Gasteiger partial charge in [0.05, 0.1) is 30.8 Å². The molecule has 1 aliphatic rings. The maximum atomic E-state index is 11.7. The molecule has 0 spiro atoms. The Kier molecular flexibility index (Phi) is 11.8. The van der Waals surface area contributed by atoms with Gasteiger partial charge in [0.15, 0.2) is 25.0 Å². The van der Waals surface area contributed by atoms with E-state index in [1.807, 2.05) is 6.92 Å². The summed E-state index contributed by atoms with van der Waals surface area (Å²) in [6.07, 6.45) is 0.752. The van der Waals surface area contributed by atoms with Crippen LogP contribution in [0.15, 0.2) is 0 Å². The monoisotopic (exact) mass is 590 g/mol. The first-order valence-corrected chi connectivity index (χ1v) is 23.3. The summed E-state index contributed by atoms with van der Waals surface area (Å²) in [7, 11) is -6.12. The second kappa shape index (κ2) is 12.4. The van der Waals surface area contributed by atoms with E-state index in [0.717, 1.165) is 12.8 Å². The molecule has 1 saturated heterocycles. The molecule has 0 aromatic carbocycles. The zero-order valence-electron chi connectivity index (χ0n) is 27.7. The maximum Gasteiger partial charge on any atom is 0.303 e. The van der Waals surface area contributed by atoms with Crippen molar-refractivity contribution < 1.29 is 27.9 Å². The first-order valence-electron chi connectivity index (χ1n) is 14.6. The van der Waals surface area contributed by atoms with Crippen molar-refractivity contribution >= 4 is 30.9 Å². The number of rotatable bonds is 11. The Morgan fingerprint density at radius 2 is 1.24 bits per heavy atom. The molecule has 1 fully saturated rings. The van der Waals surface area contributed by atoms with Crippen LogP contribution in [-0.2, 0) is 22.8 Å². The molecule has 1 heterocycles. The van der Waals surface area contributed by atoms with Crippen LogP contribution in [0.2, 0.25) is 54.4 Å². The van der Waals surface area contributed by atoms with E-state index in [9.17, 15) is 9.90 Å². The molecule has 0 bridgehead atoms. The van der Waals surface area contributed by atoms with Gasteiger partial charge < -0.3 is 23.1 Å². The van der Waals surface area contributed by atoms with Crippen molar-refractivity contribution in [2.45, 2.75) is 167 Å². The van der Waals surface area contributed by atoms with Crippen LogP contribution < -0.4 is 0 Å². The van der Waals surface area contributed by atoms with Gasteiger partial charge in [0.2, 0.25) is 0 Å². The molecule has 1 aliphatic heterocycles. The third kappa shape index (κ3) is 9.52. The van der Waals surface area contributed by atoms with Gasteiger partial charge in [-0.2, -0.15) is 0 Å². The fourth-order valence-electron chi connectivity index (χ4n) is 4.03. The highest BCUT2D eigenvalue weighted by Crippen LogP contribution is 2.44. The average Bonchev–Trinajstić information content (AvgIpc) is 2.65. The van der Waals surface area contributed by atoms with Gasteiger partial charge in [-0.25, -0.2) is 0 Å². The Bertz CT molecular complexity index is 777. The largest absolute Gasteiger partial charge is 0.481 e. The lowest BCUT2D eigenvalue weighted by Gasteiger charge is -2.50. The van der Waals surface area contributed by atoms with Crippen molar-refractivity contribution in [1.29, 1.82) is 0 Å². The first kappa shape index (κ1) is 36.0. The number of hydrogen-bond donors (Lipinski definition) is 1. The van der Waals surface area contributed by atoms with E-state index in [1.165, 1.54) is 0 Å². The third-order valence-corrected chi connectivity index (χ3v) is 23.4. The van der Waals surface area contributed by atoms with Crippen molar-refractivity contribution in [2.75, 3.05) is 6.61 Å². The summed E-state index contributed by atoms with van der Waals surface area (Å²) in [4.78, 5) is 11.7. The molecule has 1 rings (SSSR count). The Hall–Kier alpha value is -0.0394. The minimum Gasteiger partial charge on any atom is -0.481 e. The van der Waals surface area contributed by atoms with E-state index < -0.39 is 30.9 Å². The molecule has 2 unspecified atom stereocenters. The third-order valence-electron chi connectivity index (χ3n) is 9.81. The van der Waals surface area contributed by atoms with E-state index in [0.29, 0.717) is 6.61 Å². The van der Waals surface area contributed by atoms with Crippen LogP contribution in [0.3, 0.4) is 0 Å². The molecule has 1 N–H and O–H groups in total. The van der Waals surface area contributed by atoms with E-state index in [1.54, 1.807) is 0 Å². The van der Waals surface area contributed by atoms with Crippen LogP contribution in [0, 0.1) is 5.92 Å². The molecule has 0 aromatic heterocycles. The average molecular weight is 591 g/mol.